The van der Waals surface area contributed by atoms with Crippen molar-refractivity contribution in [2.24, 2.45) is 11.1 Å². The summed E-state index contributed by atoms with van der Waals surface area (Å²) in [4.78, 5) is 2.40. The first kappa shape index (κ1) is 12.7. The number of hydrogen-bond acceptors (Lipinski definition) is 3. The Kier molecular flexibility index (Phi) is 3.33. The lowest BCUT2D eigenvalue weighted by molar-refractivity contribution is 0.269. The molecule has 1 aliphatic carbocycles. The van der Waals surface area contributed by atoms with E-state index in [-0.39, 0.29) is 0 Å². The lowest BCUT2D eigenvalue weighted by atomic mass is 10.1. The number of furan rings is 1. The maximum Gasteiger partial charge on any atom is 0.134 e. The number of benzene rings is 1. The van der Waals surface area contributed by atoms with Gasteiger partial charge in [0.25, 0.3) is 0 Å². The molecule has 0 atom stereocenters. The van der Waals surface area contributed by atoms with Crippen LogP contribution in [0.2, 0.25) is 0 Å². The van der Waals surface area contributed by atoms with E-state index < -0.39 is 0 Å². The van der Waals surface area contributed by atoms with Gasteiger partial charge < -0.3 is 15.1 Å². The molecule has 102 valence electrons. The first-order valence-electron chi connectivity index (χ1n) is 7.06. The van der Waals surface area contributed by atoms with Crippen LogP contribution in [0.15, 0.2) is 34.9 Å². The molecule has 1 saturated carbocycles. The number of rotatable bonds is 6. The molecule has 0 aliphatic heterocycles. The fourth-order valence-electron chi connectivity index (χ4n) is 2.79. The van der Waals surface area contributed by atoms with Crippen molar-refractivity contribution in [3.05, 3.63) is 36.1 Å². The predicted octanol–water partition coefficient (Wildman–Crippen LogP) is 2.65. The second-order valence-electron chi connectivity index (χ2n) is 5.95. The Morgan fingerprint density at radius 2 is 2.11 bits per heavy atom. The largest absolute Gasteiger partial charge is 0.464 e. The fourth-order valence-corrected chi connectivity index (χ4v) is 2.79. The van der Waals surface area contributed by atoms with E-state index in [1.807, 2.05) is 18.4 Å². The Balaban J connectivity index is 1.60. The Hall–Kier alpha value is -1.32. The number of fused-ring (bicyclic) bond motifs is 1. The van der Waals surface area contributed by atoms with Gasteiger partial charge in [0.05, 0.1) is 6.26 Å². The predicted molar refractivity (Wildman–Crippen MR) is 78.1 cm³/mol. The normalized spacial score (nSPS) is 17.2. The van der Waals surface area contributed by atoms with Crippen molar-refractivity contribution in [1.29, 1.82) is 0 Å². The van der Waals surface area contributed by atoms with Gasteiger partial charge in [0.1, 0.15) is 5.58 Å². The van der Waals surface area contributed by atoms with Crippen molar-refractivity contribution in [3.63, 3.8) is 0 Å². The first-order chi connectivity index (χ1) is 9.22. The standard InChI is InChI=1S/C16H22N2O/c1-18(12-16(11-17)7-8-16)9-6-13-10-19-15-5-3-2-4-14(13)15/h2-5,10H,6-9,11-12,17H2,1H3. The highest BCUT2D eigenvalue weighted by Gasteiger charge is 2.41. The molecule has 3 rings (SSSR count). The molecule has 19 heavy (non-hydrogen) atoms. The molecule has 3 nitrogen and oxygen atoms in total. The van der Waals surface area contributed by atoms with Crippen molar-refractivity contribution in [3.8, 4) is 0 Å². The van der Waals surface area contributed by atoms with Crippen LogP contribution in [-0.4, -0.2) is 31.6 Å². The minimum absolute atomic E-state index is 0.424. The molecule has 1 fully saturated rings. The van der Waals surface area contributed by atoms with E-state index >= 15 is 0 Å². The zero-order chi connectivity index (χ0) is 13.3. The summed E-state index contributed by atoms with van der Waals surface area (Å²) in [7, 11) is 2.19. The second kappa shape index (κ2) is 4.99. The van der Waals surface area contributed by atoms with Crippen LogP contribution < -0.4 is 5.73 Å². The van der Waals surface area contributed by atoms with Crippen LogP contribution in [0.25, 0.3) is 11.0 Å². The highest BCUT2D eigenvalue weighted by atomic mass is 16.3. The van der Waals surface area contributed by atoms with E-state index in [1.165, 1.54) is 23.8 Å². The summed E-state index contributed by atoms with van der Waals surface area (Å²) in [5, 5.41) is 1.25. The molecule has 0 saturated heterocycles. The Labute approximate surface area is 114 Å². The Morgan fingerprint density at radius 3 is 2.84 bits per heavy atom. The van der Waals surface area contributed by atoms with Gasteiger partial charge in [0, 0.05) is 18.5 Å². The summed E-state index contributed by atoms with van der Waals surface area (Å²) in [5.74, 6) is 0. The molecule has 1 aliphatic rings. The highest BCUT2D eigenvalue weighted by molar-refractivity contribution is 5.80. The number of likely N-dealkylation sites (N-methyl/N-ethyl adjacent to an activating group) is 1. The molecule has 0 unspecified atom stereocenters. The second-order valence-corrected chi connectivity index (χ2v) is 5.95. The number of hydrogen-bond donors (Lipinski definition) is 1. The van der Waals surface area contributed by atoms with Gasteiger partial charge in [-0.2, -0.15) is 0 Å². The average Bonchev–Trinajstić information content (AvgIpc) is 3.08. The molecule has 1 heterocycles. The SMILES string of the molecule is CN(CCc1coc2ccccc12)CC1(CN)CC1. The topological polar surface area (TPSA) is 42.4 Å². The van der Waals surface area contributed by atoms with Gasteiger partial charge in [-0.25, -0.2) is 0 Å². The maximum absolute atomic E-state index is 5.84. The molecule has 1 aromatic heterocycles. The molecule has 0 radical (unpaired) electrons. The summed E-state index contributed by atoms with van der Waals surface area (Å²) in [5.41, 5.74) is 8.56. The number of nitrogens with two attached hydrogens (primary N) is 1. The van der Waals surface area contributed by atoms with Crippen LogP contribution >= 0.6 is 0 Å². The molecular weight excluding hydrogens is 236 g/mol. The van der Waals surface area contributed by atoms with Crippen LogP contribution in [0.5, 0.6) is 0 Å². The third kappa shape index (κ3) is 2.67. The minimum atomic E-state index is 0.424. The van der Waals surface area contributed by atoms with Crippen molar-refractivity contribution >= 4 is 11.0 Å². The van der Waals surface area contributed by atoms with E-state index in [9.17, 15) is 0 Å². The van der Waals surface area contributed by atoms with Crippen LogP contribution in [0, 0.1) is 5.41 Å². The van der Waals surface area contributed by atoms with Gasteiger partial charge >= 0.3 is 0 Å². The van der Waals surface area contributed by atoms with E-state index in [1.54, 1.807) is 0 Å². The summed E-state index contributed by atoms with van der Waals surface area (Å²) < 4.78 is 5.58. The molecule has 2 N–H and O–H groups in total. The maximum atomic E-state index is 5.84. The van der Waals surface area contributed by atoms with Gasteiger partial charge in [-0.3, -0.25) is 0 Å². The quantitative estimate of drug-likeness (QED) is 0.866. The zero-order valence-electron chi connectivity index (χ0n) is 11.6. The van der Waals surface area contributed by atoms with Crippen LogP contribution in [-0.2, 0) is 6.42 Å². The van der Waals surface area contributed by atoms with E-state index in [2.05, 4.69) is 24.1 Å². The average molecular weight is 258 g/mol. The smallest absolute Gasteiger partial charge is 0.134 e. The molecule has 3 heteroatoms. The third-order valence-electron chi connectivity index (χ3n) is 4.32. The Morgan fingerprint density at radius 1 is 1.32 bits per heavy atom. The van der Waals surface area contributed by atoms with Crippen LogP contribution in [0.3, 0.4) is 0 Å². The van der Waals surface area contributed by atoms with Crippen molar-refractivity contribution in [2.75, 3.05) is 26.7 Å². The summed E-state index contributed by atoms with van der Waals surface area (Å²) in [6, 6.07) is 8.24. The molecule has 2 aromatic rings. The monoisotopic (exact) mass is 258 g/mol. The molecule has 1 aromatic carbocycles. The minimum Gasteiger partial charge on any atom is -0.464 e. The van der Waals surface area contributed by atoms with E-state index in [0.29, 0.717) is 5.41 Å². The number of para-hydroxylation sites is 1. The van der Waals surface area contributed by atoms with Crippen LogP contribution in [0.1, 0.15) is 18.4 Å². The molecule has 0 bridgehead atoms. The lowest BCUT2D eigenvalue weighted by Gasteiger charge is -2.22. The van der Waals surface area contributed by atoms with Gasteiger partial charge in [0.2, 0.25) is 0 Å². The number of nitrogens with zero attached hydrogens (tertiary/aromatic N) is 1. The van der Waals surface area contributed by atoms with Gasteiger partial charge in [-0.05, 0) is 49.9 Å². The summed E-state index contributed by atoms with van der Waals surface area (Å²) in [6.45, 7) is 3.01. The Bertz CT molecular complexity index is 557. The van der Waals surface area contributed by atoms with Crippen molar-refractivity contribution in [1.82, 2.24) is 4.90 Å². The van der Waals surface area contributed by atoms with Gasteiger partial charge in [-0.15, -0.1) is 0 Å². The highest BCUT2D eigenvalue weighted by Crippen LogP contribution is 2.44. The van der Waals surface area contributed by atoms with Crippen molar-refractivity contribution in [2.45, 2.75) is 19.3 Å². The van der Waals surface area contributed by atoms with Crippen molar-refractivity contribution < 1.29 is 4.42 Å². The molecule has 0 amide bonds. The lowest BCUT2D eigenvalue weighted by Crippen LogP contribution is -2.32. The summed E-state index contributed by atoms with van der Waals surface area (Å²) in [6.07, 6.45) is 5.52. The van der Waals surface area contributed by atoms with Gasteiger partial charge in [0.15, 0.2) is 0 Å². The summed E-state index contributed by atoms with van der Waals surface area (Å²) >= 11 is 0. The van der Waals surface area contributed by atoms with E-state index in [4.69, 9.17) is 10.2 Å². The first-order valence-corrected chi connectivity index (χ1v) is 7.06. The van der Waals surface area contributed by atoms with E-state index in [0.717, 1.165) is 31.6 Å². The fraction of sp³-hybridized carbons (Fsp3) is 0.500. The molecular formula is C16H22N2O. The molecule has 0 spiro atoms. The van der Waals surface area contributed by atoms with Crippen LogP contribution in [0.4, 0.5) is 0 Å². The zero-order valence-corrected chi connectivity index (χ0v) is 11.6. The van der Waals surface area contributed by atoms with Gasteiger partial charge in [-0.1, -0.05) is 18.2 Å². The third-order valence-corrected chi connectivity index (χ3v) is 4.32.